The number of carbonyl (C=O) groups excluding carboxylic acids is 1. The summed E-state index contributed by atoms with van der Waals surface area (Å²) >= 11 is 1.61. The molecule has 0 amide bonds. The van der Waals surface area contributed by atoms with E-state index >= 15 is 0 Å². The molecule has 0 saturated heterocycles. The van der Waals surface area contributed by atoms with E-state index in [0.29, 0.717) is 12.1 Å². The highest BCUT2D eigenvalue weighted by atomic mass is 32.1. The van der Waals surface area contributed by atoms with Gasteiger partial charge in [-0.15, -0.1) is 0 Å². The lowest BCUT2D eigenvalue weighted by Gasteiger charge is -2.01. The van der Waals surface area contributed by atoms with Crippen molar-refractivity contribution in [2.75, 3.05) is 0 Å². The highest BCUT2D eigenvalue weighted by Crippen LogP contribution is 2.11. The Kier molecular flexibility index (Phi) is 2.92. The Bertz CT molecular complexity index is 462. The van der Waals surface area contributed by atoms with Crippen LogP contribution in [0.15, 0.2) is 35.2 Å². The minimum absolute atomic E-state index is 0.0894. The smallest absolute Gasteiger partial charge is 0.185 e. The maximum atomic E-state index is 11.9. The Hall–Kier alpha value is -1.48. The summed E-state index contributed by atoms with van der Waals surface area (Å²) in [5.74, 6) is 0.0894. The van der Waals surface area contributed by atoms with Crippen LogP contribution in [0.2, 0.25) is 0 Å². The van der Waals surface area contributed by atoms with Crippen molar-refractivity contribution >= 4 is 17.1 Å². The van der Waals surface area contributed by atoms with Gasteiger partial charge >= 0.3 is 0 Å². The van der Waals surface area contributed by atoms with Gasteiger partial charge in [-0.05, 0) is 40.9 Å². The molecule has 2 rings (SSSR count). The normalized spacial score (nSPS) is 10.2. The Morgan fingerprint density at radius 1 is 1.47 bits per heavy atom. The molecule has 0 N–H and O–H groups in total. The maximum absolute atomic E-state index is 11.9. The second-order valence-electron chi connectivity index (χ2n) is 3.40. The summed E-state index contributed by atoms with van der Waals surface area (Å²) < 4.78 is 0. The van der Waals surface area contributed by atoms with Gasteiger partial charge in [0, 0.05) is 12.6 Å². The van der Waals surface area contributed by atoms with Crippen LogP contribution in [0.1, 0.15) is 21.6 Å². The zero-order valence-corrected chi connectivity index (χ0v) is 9.25. The summed E-state index contributed by atoms with van der Waals surface area (Å²) in [6.45, 7) is 1.91. The number of aryl methyl sites for hydroxylation is 1. The first-order valence-corrected chi connectivity index (χ1v) is 5.67. The van der Waals surface area contributed by atoms with E-state index in [-0.39, 0.29) is 5.78 Å². The quantitative estimate of drug-likeness (QED) is 0.740. The number of aromatic nitrogens is 1. The number of hydrogen-bond donors (Lipinski definition) is 0. The molecule has 0 aliphatic heterocycles. The molecule has 0 radical (unpaired) electrons. The molecule has 15 heavy (non-hydrogen) atoms. The summed E-state index contributed by atoms with van der Waals surface area (Å²) in [4.78, 5) is 16.0. The van der Waals surface area contributed by atoms with E-state index in [0.717, 1.165) is 11.1 Å². The van der Waals surface area contributed by atoms with Gasteiger partial charge < -0.3 is 0 Å². The molecule has 0 fully saturated rings. The van der Waals surface area contributed by atoms with Crippen LogP contribution >= 0.6 is 11.3 Å². The van der Waals surface area contributed by atoms with Gasteiger partial charge in [0.05, 0.1) is 0 Å². The van der Waals surface area contributed by atoms with Gasteiger partial charge in [-0.1, -0.05) is 6.07 Å². The predicted molar refractivity (Wildman–Crippen MR) is 61.3 cm³/mol. The summed E-state index contributed by atoms with van der Waals surface area (Å²) in [5, 5.41) is 3.98. The third kappa shape index (κ3) is 2.30. The number of Topliss-reactive ketones (excluding diaryl/α,β-unsaturated/α-hetero) is 1. The number of rotatable bonds is 3. The van der Waals surface area contributed by atoms with Crippen molar-refractivity contribution < 1.29 is 4.79 Å². The molecular weight excluding hydrogens is 206 g/mol. The van der Waals surface area contributed by atoms with E-state index in [1.165, 1.54) is 0 Å². The number of carbonyl (C=O) groups is 1. The zero-order chi connectivity index (χ0) is 10.7. The van der Waals surface area contributed by atoms with E-state index in [9.17, 15) is 4.79 Å². The van der Waals surface area contributed by atoms with E-state index in [1.54, 1.807) is 17.5 Å². The lowest BCUT2D eigenvalue weighted by atomic mass is 10.1. The van der Waals surface area contributed by atoms with Gasteiger partial charge in [-0.25, -0.2) is 0 Å². The van der Waals surface area contributed by atoms with Gasteiger partial charge in [0.25, 0.3) is 0 Å². The Morgan fingerprint density at radius 3 is 3.00 bits per heavy atom. The summed E-state index contributed by atoms with van der Waals surface area (Å²) in [7, 11) is 0. The average Bonchev–Trinajstić information content (AvgIpc) is 2.71. The molecule has 0 spiro atoms. The second kappa shape index (κ2) is 4.36. The van der Waals surface area contributed by atoms with Crippen molar-refractivity contribution in [3.8, 4) is 0 Å². The number of ketones is 1. The van der Waals surface area contributed by atoms with Crippen LogP contribution in [0.4, 0.5) is 0 Å². The molecule has 2 nitrogen and oxygen atoms in total. The topological polar surface area (TPSA) is 30.0 Å². The fourth-order valence-electron chi connectivity index (χ4n) is 1.44. The molecule has 0 unspecified atom stereocenters. The van der Waals surface area contributed by atoms with Crippen molar-refractivity contribution in [3.63, 3.8) is 0 Å². The minimum atomic E-state index is 0.0894. The van der Waals surface area contributed by atoms with Crippen molar-refractivity contribution in [1.29, 1.82) is 0 Å². The number of pyridine rings is 1. The van der Waals surface area contributed by atoms with E-state index in [2.05, 4.69) is 4.98 Å². The molecular formula is C12H11NOS. The molecule has 0 atom stereocenters. The SMILES string of the molecule is Cc1cccnc1C(=O)Cc1ccsc1. The molecule has 0 aromatic carbocycles. The largest absolute Gasteiger partial charge is 0.292 e. The van der Waals surface area contributed by atoms with Crippen LogP contribution in [-0.4, -0.2) is 10.8 Å². The molecule has 0 bridgehead atoms. The molecule has 3 heteroatoms. The number of thiophene rings is 1. The number of hydrogen-bond acceptors (Lipinski definition) is 3. The highest BCUT2D eigenvalue weighted by molar-refractivity contribution is 7.08. The van der Waals surface area contributed by atoms with Crippen molar-refractivity contribution in [2.45, 2.75) is 13.3 Å². The highest BCUT2D eigenvalue weighted by Gasteiger charge is 2.10. The fourth-order valence-corrected chi connectivity index (χ4v) is 2.11. The number of nitrogens with zero attached hydrogens (tertiary/aromatic N) is 1. The van der Waals surface area contributed by atoms with Gasteiger partial charge in [-0.2, -0.15) is 11.3 Å². The third-order valence-corrected chi connectivity index (χ3v) is 2.95. The van der Waals surface area contributed by atoms with Crippen LogP contribution in [0.3, 0.4) is 0 Å². The zero-order valence-electron chi connectivity index (χ0n) is 8.43. The van der Waals surface area contributed by atoms with Crippen LogP contribution < -0.4 is 0 Å². The van der Waals surface area contributed by atoms with Crippen molar-refractivity contribution in [2.24, 2.45) is 0 Å². The molecule has 76 valence electrons. The molecule has 0 saturated carbocycles. The lowest BCUT2D eigenvalue weighted by molar-refractivity contribution is 0.0987. The molecule has 2 aromatic rings. The predicted octanol–water partition coefficient (Wildman–Crippen LogP) is 2.88. The molecule has 2 heterocycles. The van der Waals surface area contributed by atoms with Gasteiger partial charge in [-0.3, -0.25) is 9.78 Å². The van der Waals surface area contributed by atoms with Gasteiger partial charge in [0.1, 0.15) is 5.69 Å². The molecule has 0 aliphatic rings. The fraction of sp³-hybridized carbons (Fsp3) is 0.167. The summed E-state index contributed by atoms with van der Waals surface area (Å²) in [5.41, 5.74) is 2.59. The first-order chi connectivity index (χ1) is 7.27. The minimum Gasteiger partial charge on any atom is -0.292 e. The van der Waals surface area contributed by atoms with E-state index in [1.807, 2.05) is 35.9 Å². The second-order valence-corrected chi connectivity index (χ2v) is 4.18. The first-order valence-electron chi connectivity index (χ1n) is 4.73. The Morgan fingerprint density at radius 2 is 2.33 bits per heavy atom. The van der Waals surface area contributed by atoms with Crippen LogP contribution in [0, 0.1) is 6.92 Å². The monoisotopic (exact) mass is 217 g/mol. The summed E-state index contributed by atoms with van der Waals surface area (Å²) in [6.07, 6.45) is 2.11. The molecule has 2 aromatic heterocycles. The Labute approximate surface area is 92.6 Å². The first kappa shape index (κ1) is 10.1. The lowest BCUT2D eigenvalue weighted by Crippen LogP contribution is -2.07. The van der Waals surface area contributed by atoms with Gasteiger partial charge in [0.2, 0.25) is 0 Å². The van der Waals surface area contributed by atoms with Crippen LogP contribution in [0.5, 0.6) is 0 Å². The van der Waals surface area contributed by atoms with Crippen molar-refractivity contribution in [1.82, 2.24) is 4.98 Å². The maximum Gasteiger partial charge on any atom is 0.185 e. The summed E-state index contributed by atoms with van der Waals surface area (Å²) in [6, 6.07) is 5.73. The van der Waals surface area contributed by atoms with Crippen LogP contribution in [0.25, 0.3) is 0 Å². The Balaban J connectivity index is 2.19. The van der Waals surface area contributed by atoms with Gasteiger partial charge in [0.15, 0.2) is 5.78 Å². The average molecular weight is 217 g/mol. The van der Waals surface area contributed by atoms with E-state index < -0.39 is 0 Å². The van der Waals surface area contributed by atoms with Crippen LogP contribution in [-0.2, 0) is 6.42 Å². The molecule has 0 aliphatic carbocycles. The van der Waals surface area contributed by atoms with Crippen molar-refractivity contribution in [3.05, 3.63) is 52.0 Å². The van der Waals surface area contributed by atoms with E-state index in [4.69, 9.17) is 0 Å². The third-order valence-electron chi connectivity index (χ3n) is 2.22. The standard InChI is InChI=1S/C12H11NOS/c1-9-3-2-5-13-12(9)11(14)7-10-4-6-15-8-10/h2-6,8H,7H2,1H3.